The van der Waals surface area contributed by atoms with E-state index in [-0.39, 0.29) is 18.1 Å². The summed E-state index contributed by atoms with van der Waals surface area (Å²) >= 11 is 0. The molecule has 20 heavy (non-hydrogen) atoms. The highest BCUT2D eigenvalue weighted by atomic mass is 19.1. The fourth-order valence-electron chi connectivity index (χ4n) is 2.19. The Labute approximate surface area is 118 Å². The number of aliphatic hydroxyl groups is 1. The number of amides is 1. The number of hydrogen-bond acceptors (Lipinski definition) is 2. The van der Waals surface area contributed by atoms with Gasteiger partial charge in [0.15, 0.2) is 0 Å². The topological polar surface area (TPSA) is 40.5 Å². The van der Waals surface area contributed by atoms with E-state index in [1.54, 1.807) is 18.0 Å². The first-order chi connectivity index (χ1) is 9.52. The number of rotatable bonds is 3. The SMILES string of the molecule is CC1CC1CN(C)C(=O)c1ccc(C#CCO)c(F)c1. The third-order valence-electron chi connectivity index (χ3n) is 3.65. The van der Waals surface area contributed by atoms with Crippen molar-refractivity contribution in [3.8, 4) is 11.8 Å². The number of nitrogens with zero attached hydrogens (tertiary/aromatic N) is 1. The Morgan fingerprint density at radius 1 is 1.55 bits per heavy atom. The molecule has 0 aromatic heterocycles. The average Bonchev–Trinajstić information content (AvgIpc) is 3.11. The van der Waals surface area contributed by atoms with E-state index in [4.69, 9.17) is 5.11 Å². The molecule has 1 aliphatic rings. The maximum absolute atomic E-state index is 13.8. The molecule has 2 unspecified atom stereocenters. The van der Waals surface area contributed by atoms with Crippen LogP contribution in [0.2, 0.25) is 0 Å². The van der Waals surface area contributed by atoms with Gasteiger partial charge in [0, 0.05) is 19.2 Å². The molecule has 1 aromatic rings. The van der Waals surface area contributed by atoms with Crippen LogP contribution in [-0.2, 0) is 0 Å². The predicted molar refractivity (Wildman–Crippen MR) is 74.6 cm³/mol. The minimum Gasteiger partial charge on any atom is -0.384 e. The molecule has 1 amide bonds. The predicted octanol–water partition coefficient (Wildman–Crippen LogP) is 1.90. The molecule has 0 spiro atoms. The van der Waals surface area contributed by atoms with Crippen LogP contribution in [0.25, 0.3) is 0 Å². The van der Waals surface area contributed by atoms with E-state index >= 15 is 0 Å². The van der Waals surface area contributed by atoms with Crippen molar-refractivity contribution < 1.29 is 14.3 Å². The van der Waals surface area contributed by atoms with Gasteiger partial charge < -0.3 is 10.0 Å². The summed E-state index contributed by atoms with van der Waals surface area (Å²) in [7, 11) is 1.74. The van der Waals surface area contributed by atoms with E-state index in [9.17, 15) is 9.18 Å². The number of halogens is 1. The Morgan fingerprint density at radius 2 is 2.25 bits per heavy atom. The van der Waals surface area contributed by atoms with Crippen LogP contribution >= 0.6 is 0 Å². The number of carbonyl (C=O) groups is 1. The molecule has 3 nitrogen and oxygen atoms in total. The van der Waals surface area contributed by atoms with Crippen LogP contribution < -0.4 is 0 Å². The van der Waals surface area contributed by atoms with Crippen LogP contribution in [0.5, 0.6) is 0 Å². The first-order valence-corrected chi connectivity index (χ1v) is 6.67. The quantitative estimate of drug-likeness (QED) is 0.856. The lowest BCUT2D eigenvalue weighted by atomic mass is 10.1. The Hall–Kier alpha value is -1.86. The number of hydrogen-bond donors (Lipinski definition) is 1. The van der Waals surface area contributed by atoms with Crippen LogP contribution in [0.3, 0.4) is 0 Å². The van der Waals surface area contributed by atoms with Gasteiger partial charge in [-0.15, -0.1) is 0 Å². The number of aliphatic hydroxyl groups excluding tert-OH is 1. The van der Waals surface area contributed by atoms with E-state index < -0.39 is 5.82 Å². The molecular weight excluding hydrogens is 257 g/mol. The Balaban J connectivity index is 2.08. The molecule has 0 saturated heterocycles. The molecule has 0 aliphatic heterocycles. The first kappa shape index (κ1) is 14.5. The Kier molecular flexibility index (Phi) is 4.41. The van der Waals surface area contributed by atoms with Crippen molar-refractivity contribution in [3.63, 3.8) is 0 Å². The summed E-state index contributed by atoms with van der Waals surface area (Å²) < 4.78 is 13.8. The molecule has 0 heterocycles. The molecule has 1 aromatic carbocycles. The summed E-state index contributed by atoms with van der Waals surface area (Å²) in [5, 5.41) is 8.59. The highest BCUT2D eigenvalue weighted by Gasteiger charge is 2.34. The monoisotopic (exact) mass is 275 g/mol. The lowest BCUT2D eigenvalue weighted by Crippen LogP contribution is -2.29. The molecule has 1 aliphatic carbocycles. The van der Waals surface area contributed by atoms with Crippen molar-refractivity contribution in [2.75, 3.05) is 20.2 Å². The van der Waals surface area contributed by atoms with Gasteiger partial charge in [-0.3, -0.25) is 4.79 Å². The fourth-order valence-corrected chi connectivity index (χ4v) is 2.19. The molecule has 0 radical (unpaired) electrons. The van der Waals surface area contributed by atoms with Gasteiger partial charge >= 0.3 is 0 Å². The van der Waals surface area contributed by atoms with Crippen molar-refractivity contribution in [2.24, 2.45) is 11.8 Å². The molecule has 2 rings (SSSR count). The zero-order valence-electron chi connectivity index (χ0n) is 11.7. The van der Waals surface area contributed by atoms with E-state index in [2.05, 4.69) is 18.8 Å². The molecule has 1 N–H and O–H groups in total. The average molecular weight is 275 g/mol. The highest BCUT2D eigenvalue weighted by molar-refractivity contribution is 5.94. The minimum atomic E-state index is -0.537. The lowest BCUT2D eigenvalue weighted by molar-refractivity contribution is 0.0786. The summed E-state index contributed by atoms with van der Waals surface area (Å²) in [6.07, 6.45) is 1.15. The van der Waals surface area contributed by atoms with E-state index in [0.717, 1.165) is 6.42 Å². The zero-order valence-corrected chi connectivity index (χ0v) is 11.7. The third-order valence-corrected chi connectivity index (χ3v) is 3.65. The second-order valence-electron chi connectivity index (χ2n) is 5.31. The van der Waals surface area contributed by atoms with Crippen molar-refractivity contribution >= 4 is 5.91 Å². The van der Waals surface area contributed by atoms with E-state index in [1.807, 2.05) is 0 Å². The van der Waals surface area contributed by atoms with Crippen molar-refractivity contribution in [1.82, 2.24) is 4.90 Å². The third kappa shape index (κ3) is 3.37. The zero-order chi connectivity index (χ0) is 14.7. The van der Waals surface area contributed by atoms with E-state index in [0.29, 0.717) is 23.9 Å². The molecule has 1 fully saturated rings. The standard InChI is InChI=1S/C16H18FNO2/c1-11-8-14(11)10-18(2)16(20)13-6-5-12(4-3-7-19)15(17)9-13/h5-6,9,11,14,19H,7-8,10H2,1-2H3. The van der Waals surface area contributed by atoms with E-state index in [1.165, 1.54) is 12.1 Å². The van der Waals surface area contributed by atoms with Crippen molar-refractivity contribution in [2.45, 2.75) is 13.3 Å². The maximum atomic E-state index is 13.8. The van der Waals surface area contributed by atoms with Gasteiger partial charge in [-0.25, -0.2) is 4.39 Å². The molecule has 4 heteroatoms. The maximum Gasteiger partial charge on any atom is 0.253 e. The van der Waals surface area contributed by atoms with Crippen LogP contribution in [0.15, 0.2) is 18.2 Å². The van der Waals surface area contributed by atoms with Gasteiger partial charge in [-0.05, 0) is 36.5 Å². The van der Waals surface area contributed by atoms with Crippen LogP contribution in [-0.4, -0.2) is 36.1 Å². The largest absolute Gasteiger partial charge is 0.384 e. The van der Waals surface area contributed by atoms with Crippen molar-refractivity contribution in [1.29, 1.82) is 0 Å². The number of benzene rings is 1. The first-order valence-electron chi connectivity index (χ1n) is 6.67. The lowest BCUT2D eigenvalue weighted by Gasteiger charge is -2.17. The second kappa shape index (κ2) is 6.06. The van der Waals surface area contributed by atoms with Gasteiger partial charge in [-0.2, -0.15) is 0 Å². The summed E-state index contributed by atoms with van der Waals surface area (Å²) in [4.78, 5) is 13.8. The van der Waals surface area contributed by atoms with Crippen LogP contribution in [0, 0.1) is 29.5 Å². The fraction of sp³-hybridized carbons (Fsp3) is 0.438. The van der Waals surface area contributed by atoms with Gasteiger partial charge in [0.2, 0.25) is 0 Å². The normalized spacial score (nSPS) is 20.0. The van der Waals surface area contributed by atoms with Crippen LogP contribution in [0.1, 0.15) is 29.3 Å². The van der Waals surface area contributed by atoms with Gasteiger partial charge in [0.25, 0.3) is 5.91 Å². The molecule has 2 atom stereocenters. The Morgan fingerprint density at radius 3 is 2.80 bits per heavy atom. The van der Waals surface area contributed by atoms with Crippen molar-refractivity contribution in [3.05, 3.63) is 35.1 Å². The minimum absolute atomic E-state index is 0.176. The summed E-state index contributed by atoms with van der Waals surface area (Å²) in [6, 6.07) is 4.25. The summed E-state index contributed by atoms with van der Waals surface area (Å²) in [5.74, 6) is 5.43. The van der Waals surface area contributed by atoms with Gasteiger partial charge in [-0.1, -0.05) is 18.8 Å². The molecule has 106 valence electrons. The molecule has 1 saturated carbocycles. The number of carbonyl (C=O) groups excluding carboxylic acids is 1. The second-order valence-corrected chi connectivity index (χ2v) is 5.31. The molecule has 0 bridgehead atoms. The molecular formula is C16H18FNO2. The Bertz CT molecular complexity index is 574. The van der Waals surface area contributed by atoms with Gasteiger partial charge in [0.05, 0.1) is 5.56 Å². The van der Waals surface area contributed by atoms with Crippen LogP contribution in [0.4, 0.5) is 4.39 Å². The summed E-state index contributed by atoms with van der Waals surface area (Å²) in [6.45, 7) is 2.56. The highest BCUT2D eigenvalue weighted by Crippen LogP contribution is 2.38. The smallest absolute Gasteiger partial charge is 0.253 e. The summed E-state index contributed by atoms with van der Waals surface area (Å²) in [5.41, 5.74) is 0.516. The van der Waals surface area contributed by atoms with Gasteiger partial charge in [0.1, 0.15) is 12.4 Å².